The first-order valence-electron chi connectivity index (χ1n) is 3.96. The summed E-state index contributed by atoms with van der Waals surface area (Å²) >= 11 is 0. The van der Waals surface area contributed by atoms with Gasteiger partial charge in [0.25, 0.3) is 0 Å². The standard InChI is InChI=1S/C8H12N2O/c1-4-2-6-5(4)3-7(10-6)8(9)11/h2,4-5,7,10H,3H2,1H3,(H2,9,11)/t4-,5-,7?/m1/s1. The minimum Gasteiger partial charge on any atom is -0.377 e. The molecule has 0 saturated carbocycles. The van der Waals surface area contributed by atoms with Gasteiger partial charge >= 0.3 is 0 Å². The van der Waals surface area contributed by atoms with Crippen LogP contribution in [0.5, 0.6) is 0 Å². The molecular weight excluding hydrogens is 140 g/mol. The van der Waals surface area contributed by atoms with Gasteiger partial charge in [-0.1, -0.05) is 13.0 Å². The molecule has 1 saturated heterocycles. The maximum absolute atomic E-state index is 10.8. The molecule has 0 aromatic rings. The number of rotatable bonds is 1. The average molecular weight is 152 g/mol. The highest BCUT2D eigenvalue weighted by molar-refractivity contribution is 5.81. The van der Waals surface area contributed by atoms with Crippen molar-refractivity contribution in [2.24, 2.45) is 17.6 Å². The molecule has 60 valence electrons. The molecule has 1 aliphatic heterocycles. The summed E-state index contributed by atoms with van der Waals surface area (Å²) in [7, 11) is 0. The highest BCUT2D eigenvalue weighted by Gasteiger charge is 2.39. The fourth-order valence-electron chi connectivity index (χ4n) is 1.89. The van der Waals surface area contributed by atoms with E-state index in [9.17, 15) is 4.79 Å². The van der Waals surface area contributed by atoms with Crippen LogP contribution >= 0.6 is 0 Å². The second-order valence-corrected chi connectivity index (χ2v) is 3.42. The Morgan fingerprint density at radius 2 is 2.55 bits per heavy atom. The van der Waals surface area contributed by atoms with E-state index >= 15 is 0 Å². The SMILES string of the molecule is C[C@@H]1C=C2NC(C(N)=O)C[C@@H]21. The van der Waals surface area contributed by atoms with E-state index < -0.39 is 0 Å². The lowest BCUT2D eigenvalue weighted by Crippen LogP contribution is -2.35. The molecule has 0 bridgehead atoms. The largest absolute Gasteiger partial charge is 0.377 e. The molecule has 0 aromatic carbocycles. The summed E-state index contributed by atoms with van der Waals surface area (Å²) in [6.45, 7) is 2.17. The summed E-state index contributed by atoms with van der Waals surface area (Å²) in [5.74, 6) is 0.974. The monoisotopic (exact) mass is 152 g/mol. The minimum atomic E-state index is -0.229. The number of primary amides is 1. The van der Waals surface area contributed by atoms with E-state index in [2.05, 4.69) is 18.3 Å². The fourth-order valence-corrected chi connectivity index (χ4v) is 1.89. The molecule has 2 rings (SSSR count). The first kappa shape index (κ1) is 6.70. The Morgan fingerprint density at radius 3 is 3.00 bits per heavy atom. The molecule has 1 fully saturated rings. The molecule has 2 aliphatic rings. The molecule has 0 aromatic heterocycles. The van der Waals surface area contributed by atoms with E-state index in [1.165, 1.54) is 5.70 Å². The number of nitrogens with two attached hydrogens (primary N) is 1. The van der Waals surface area contributed by atoms with Gasteiger partial charge in [0.15, 0.2) is 0 Å². The van der Waals surface area contributed by atoms with Crippen molar-refractivity contribution in [2.45, 2.75) is 19.4 Å². The Morgan fingerprint density at radius 1 is 1.82 bits per heavy atom. The van der Waals surface area contributed by atoms with Crippen LogP contribution in [0.1, 0.15) is 13.3 Å². The molecule has 11 heavy (non-hydrogen) atoms. The Labute approximate surface area is 65.6 Å². The van der Waals surface area contributed by atoms with Gasteiger partial charge in [-0.25, -0.2) is 0 Å². The van der Waals surface area contributed by atoms with Gasteiger partial charge < -0.3 is 11.1 Å². The second kappa shape index (κ2) is 2.00. The van der Waals surface area contributed by atoms with Crippen molar-refractivity contribution in [1.29, 1.82) is 0 Å². The number of carbonyl (C=O) groups is 1. The van der Waals surface area contributed by atoms with Crippen LogP contribution in [0, 0.1) is 11.8 Å². The van der Waals surface area contributed by atoms with Crippen molar-refractivity contribution >= 4 is 5.91 Å². The molecule has 0 spiro atoms. The molecule has 1 unspecified atom stereocenters. The maximum atomic E-state index is 10.8. The quantitative estimate of drug-likeness (QED) is 0.555. The zero-order valence-electron chi connectivity index (χ0n) is 6.50. The number of amides is 1. The number of hydrogen-bond acceptors (Lipinski definition) is 2. The predicted molar refractivity (Wildman–Crippen MR) is 41.5 cm³/mol. The summed E-state index contributed by atoms with van der Waals surface area (Å²) < 4.78 is 0. The van der Waals surface area contributed by atoms with Crippen LogP contribution in [-0.2, 0) is 4.79 Å². The highest BCUT2D eigenvalue weighted by atomic mass is 16.1. The zero-order valence-corrected chi connectivity index (χ0v) is 6.50. The lowest BCUT2D eigenvalue weighted by molar-refractivity contribution is -0.119. The third-order valence-corrected chi connectivity index (χ3v) is 2.65. The molecule has 1 aliphatic carbocycles. The molecule has 3 nitrogen and oxygen atoms in total. The van der Waals surface area contributed by atoms with E-state index in [1.54, 1.807) is 0 Å². The molecule has 1 amide bonds. The lowest BCUT2D eigenvalue weighted by atomic mass is 9.80. The van der Waals surface area contributed by atoms with Gasteiger partial charge in [-0.3, -0.25) is 4.79 Å². The van der Waals surface area contributed by atoms with Crippen molar-refractivity contribution in [1.82, 2.24) is 5.32 Å². The summed E-state index contributed by atoms with van der Waals surface area (Å²) in [5.41, 5.74) is 6.39. The molecule has 3 heteroatoms. The van der Waals surface area contributed by atoms with Gasteiger partial charge in [-0.05, 0) is 12.3 Å². The summed E-state index contributed by atoms with van der Waals surface area (Å²) in [5, 5.41) is 3.11. The van der Waals surface area contributed by atoms with Crippen molar-refractivity contribution < 1.29 is 4.79 Å². The van der Waals surface area contributed by atoms with E-state index in [0.717, 1.165) is 6.42 Å². The van der Waals surface area contributed by atoms with Gasteiger partial charge in [0, 0.05) is 11.6 Å². The number of hydrogen-bond donors (Lipinski definition) is 2. The van der Waals surface area contributed by atoms with E-state index in [4.69, 9.17) is 5.73 Å². The normalized spacial score (nSPS) is 40.1. The Bertz CT molecular complexity index is 234. The molecule has 0 radical (unpaired) electrons. The number of carbonyl (C=O) groups excluding carboxylic acids is 1. The van der Waals surface area contributed by atoms with Crippen LogP contribution in [-0.4, -0.2) is 11.9 Å². The first-order valence-corrected chi connectivity index (χ1v) is 3.96. The number of nitrogens with one attached hydrogen (secondary N) is 1. The van der Waals surface area contributed by atoms with E-state index in [1.807, 2.05) is 0 Å². The van der Waals surface area contributed by atoms with Gasteiger partial charge in [-0.2, -0.15) is 0 Å². The molecule has 3 N–H and O–H groups in total. The summed E-state index contributed by atoms with van der Waals surface area (Å²) in [4.78, 5) is 10.8. The highest BCUT2D eigenvalue weighted by Crippen LogP contribution is 2.39. The van der Waals surface area contributed by atoms with Crippen LogP contribution in [0.25, 0.3) is 0 Å². The Hall–Kier alpha value is -0.990. The van der Waals surface area contributed by atoms with Crippen molar-refractivity contribution in [3.63, 3.8) is 0 Å². The van der Waals surface area contributed by atoms with Gasteiger partial charge in [-0.15, -0.1) is 0 Å². The summed E-state index contributed by atoms with van der Waals surface area (Å²) in [6.07, 6.45) is 3.05. The number of fused-ring (bicyclic) bond motifs is 1. The van der Waals surface area contributed by atoms with Crippen molar-refractivity contribution in [3.05, 3.63) is 11.8 Å². The maximum Gasteiger partial charge on any atom is 0.239 e. The topological polar surface area (TPSA) is 55.1 Å². The smallest absolute Gasteiger partial charge is 0.239 e. The van der Waals surface area contributed by atoms with Gasteiger partial charge in [0.2, 0.25) is 5.91 Å². The molecule has 3 atom stereocenters. The average Bonchev–Trinajstić information content (AvgIpc) is 2.26. The van der Waals surface area contributed by atoms with Gasteiger partial charge in [0.05, 0.1) is 0 Å². The Balaban J connectivity index is 2.08. The van der Waals surface area contributed by atoms with E-state index in [0.29, 0.717) is 11.8 Å². The van der Waals surface area contributed by atoms with E-state index in [-0.39, 0.29) is 11.9 Å². The molecule has 1 heterocycles. The van der Waals surface area contributed by atoms with Gasteiger partial charge in [0.1, 0.15) is 6.04 Å². The van der Waals surface area contributed by atoms with Crippen LogP contribution in [0.4, 0.5) is 0 Å². The van der Waals surface area contributed by atoms with Crippen LogP contribution < -0.4 is 11.1 Å². The van der Waals surface area contributed by atoms with Crippen molar-refractivity contribution in [3.8, 4) is 0 Å². The van der Waals surface area contributed by atoms with Crippen LogP contribution in [0.2, 0.25) is 0 Å². The van der Waals surface area contributed by atoms with Crippen LogP contribution in [0.3, 0.4) is 0 Å². The Kier molecular flexibility index (Phi) is 1.22. The lowest BCUT2D eigenvalue weighted by Gasteiger charge is -2.26. The fraction of sp³-hybridized carbons (Fsp3) is 0.625. The minimum absolute atomic E-state index is 0.115. The zero-order chi connectivity index (χ0) is 8.01. The number of allylic oxidation sites excluding steroid dienone is 2. The second-order valence-electron chi connectivity index (χ2n) is 3.42. The first-order chi connectivity index (χ1) is 5.18. The van der Waals surface area contributed by atoms with Crippen LogP contribution in [0.15, 0.2) is 11.8 Å². The van der Waals surface area contributed by atoms with Crippen molar-refractivity contribution in [2.75, 3.05) is 0 Å². The summed E-state index contributed by atoms with van der Waals surface area (Å²) in [6, 6.07) is -0.115. The predicted octanol–water partition coefficient (Wildman–Crippen LogP) is -0.0166. The third-order valence-electron chi connectivity index (χ3n) is 2.65. The molecular formula is C8H12N2O. The third kappa shape index (κ3) is 0.836.